The molecule has 122 valence electrons. The van der Waals surface area contributed by atoms with Crippen LogP contribution in [0.25, 0.3) is 0 Å². The van der Waals surface area contributed by atoms with Crippen LogP contribution in [-0.4, -0.2) is 12.5 Å². The van der Waals surface area contributed by atoms with E-state index in [2.05, 4.69) is 19.2 Å². The van der Waals surface area contributed by atoms with Gasteiger partial charge in [0.1, 0.15) is 11.6 Å². The summed E-state index contributed by atoms with van der Waals surface area (Å²) in [5.74, 6) is 0.0241. The van der Waals surface area contributed by atoms with Gasteiger partial charge in [0.2, 0.25) is 0 Å². The van der Waals surface area contributed by atoms with E-state index in [-0.39, 0.29) is 12.3 Å². The Balaban J connectivity index is 2.01. The summed E-state index contributed by atoms with van der Waals surface area (Å²) in [6.45, 7) is 4.00. The molecule has 5 heteroatoms. The molecular formula is C18H19ClFNO2. The monoisotopic (exact) mass is 335 g/mol. The third-order valence-corrected chi connectivity index (χ3v) is 3.86. The molecule has 0 spiro atoms. The first-order chi connectivity index (χ1) is 11.0. The molecule has 1 amide bonds. The number of carbonyl (C=O) groups is 1. The summed E-state index contributed by atoms with van der Waals surface area (Å²) in [6.07, 6.45) is 0.973. The van der Waals surface area contributed by atoms with Crippen LogP contribution in [0.15, 0.2) is 42.5 Å². The Labute approximate surface area is 140 Å². The number of hydrogen-bond donors (Lipinski definition) is 1. The molecule has 0 saturated carbocycles. The van der Waals surface area contributed by atoms with Crippen LogP contribution < -0.4 is 10.1 Å². The largest absolute Gasteiger partial charge is 0.483 e. The van der Waals surface area contributed by atoms with Crippen LogP contribution in [0.3, 0.4) is 0 Å². The van der Waals surface area contributed by atoms with Gasteiger partial charge < -0.3 is 10.1 Å². The first-order valence-electron chi connectivity index (χ1n) is 7.48. The Morgan fingerprint density at radius 3 is 2.78 bits per heavy atom. The number of nitrogens with one attached hydrogen (secondary N) is 1. The Bertz CT molecular complexity index is 690. The molecule has 2 rings (SSSR count). The maximum absolute atomic E-state index is 13.6. The van der Waals surface area contributed by atoms with Crippen molar-refractivity contribution in [3.63, 3.8) is 0 Å². The molecule has 0 radical (unpaired) electrons. The van der Waals surface area contributed by atoms with Gasteiger partial charge in [-0.2, -0.15) is 0 Å². The maximum atomic E-state index is 13.6. The zero-order chi connectivity index (χ0) is 16.8. The molecule has 0 aliphatic rings. The number of hydrogen-bond acceptors (Lipinski definition) is 2. The van der Waals surface area contributed by atoms with Crippen molar-refractivity contribution in [2.24, 2.45) is 0 Å². The lowest BCUT2D eigenvalue weighted by Gasteiger charge is -2.15. The van der Waals surface area contributed by atoms with Gasteiger partial charge in [-0.25, -0.2) is 4.39 Å². The highest BCUT2D eigenvalue weighted by molar-refractivity contribution is 6.30. The molecule has 0 saturated heterocycles. The second-order valence-corrected chi connectivity index (χ2v) is 5.74. The Hall–Kier alpha value is -2.07. The van der Waals surface area contributed by atoms with Crippen molar-refractivity contribution < 1.29 is 13.9 Å². The van der Waals surface area contributed by atoms with Gasteiger partial charge in [0.15, 0.2) is 6.61 Å². The average molecular weight is 336 g/mol. The van der Waals surface area contributed by atoms with Gasteiger partial charge in [-0.1, -0.05) is 43.6 Å². The van der Waals surface area contributed by atoms with Gasteiger partial charge in [-0.3, -0.25) is 4.79 Å². The summed E-state index contributed by atoms with van der Waals surface area (Å²) in [4.78, 5) is 12.0. The zero-order valence-corrected chi connectivity index (χ0v) is 13.9. The third-order valence-electron chi connectivity index (χ3n) is 3.62. The SMILES string of the molecule is CCC(C)c1ccccc1OCC(=O)Nc1cc(Cl)ccc1F. The fraction of sp³-hybridized carbons (Fsp3) is 0.278. The molecule has 2 aromatic rings. The van der Waals surface area contributed by atoms with Crippen molar-refractivity contribution in [1.29, 1.82) is 0 Å². The number of para-hydroxylation sites is 1. The fourth-order valence-electron chi connectivity index (χ4n) is 2.16. The number of benzene rings is 2. The second kappa shape index (κ2) is 7.97. The molecule has 0 aliphatic heterocycles. The third kappa shape index (κ3) is 4.70. The molecule has 0 heterocycles. The lowest BCUT2D eigenvalue weighted by molar-refractivity contribution is -0.118. The first-order valence-corrected chi connectivity index (χ1v) is 7.85. The lowest BCUT2D eigenvalue weighted by atomic mass is 9.98. The van der Waals surface area contributed by atoms with Gasteiger partial charge in [-0.05, 0) is 42.2 Å². The maximum Gasteiger partial charge on any atom is 0.262 e. The van der Waals surface area contributed by atoms with E-state index in [1.165, 1.54) is 18.2 Å². The molecule has 1 unspecified atom stereocenters. The Morgan fingerprint density at radius 1 is 1.30 bits per heavy atom. The predicted octanol–water partition coefficient (Wildman–Crippen LogP) is 5.01. The normalized spacial score (nSPS) is 11.8. The van der Waals surface area contributed by atoms with Crippen molar-refractivity contribution in [2.75, 3.05) is 11.9 Å². The van der Waals surface area contributed by atoms with Crippen LogP contribution in [0, 0.1) is 5.82 Å². The summed E-state index contributed by atoms with van der Waals surface area (Å²) >= 11 is 5.80. The summed E-state index contributed by atoms with van der Waals surface area (Å²) in [7, 11) is 0. The summed E-state index contributed by atoms with van der Waals surface area (Å²) in [5, 5.41) is 2.81. The van der Waals surface area contributed by atoms with Crippen molar-refractivity contribution in [1.82, 2.24) is 0 Å². The highest BCUT2D eigenvalue weighted by Crippen LogP contribution is 2.28. The van der Waals surface area contributed by atoms with E-state index in [4.69, 9.17) is 16.3 Å². The van der Waals surface area contributed by atoms with Crippen molar-refractivity contribution in [3.8, 4) is 5.75 Å². The molecule has 1 N–H and O–H groups in total. The number of rotatable bonds is 6. The predicted molar refractivity (Wildman–Crippen MR) is 90.7 cm³/mol. The molecular weight excluding hydrogens is 317 g/mol. The quantitative estimate of drug-likeness (QED) is 0.805. The minimum atomic E-state index is -0.539. The van der Waals surface area contributed by atoms with E-state index >= 15 is 0 Å². The van der Waals surface area contributed by atoms with Crippen LogP contribution in [-0.2, 0) is 4.79 Å². The van der Waals surface area contributed by atoms with E-state index in [0.29, 0.717) is 16.7 Å². The minimum Gasteiger partial charge on any atom is -0.483 e. The Morgan fingerprint density at radius 2 is 2.04 bits per heavy atom. The molecule has 2 aromatic carbocycles. The van der Waals surface area contributed by atoms with Gasteiger partial charge in [0.05, 0.1) is 5.69 Å². The smallest absolute Gasteiger partial charge is 0.262 e. The fourth-order valence-corrected chi connectivity index (χ4v) is 2.33. The van der Waals surface area contributed by atoms with E-state index in [0.717, 1.165) is 12.0 Å². The van der Waals surface area contributed by atoms with Crippen molar-refractivity contribution in [2.45, 2.75) is 26.2 Å². The van der Waals surface area contributed by atoms with E-state index in [1.807, 2.05) is 24.3 Å². The molecule has 3 nitrogen and oxygen atoms in total. The highest BCUT2D eigenvalue weighted by atomic mass is 35.5. The summed E-state index contributed by atoms with van der Waals surface area (Å²) < 4.78 is 19.2. The first kappa shape index (κ1) is 17.3. The van der Waals surface area contributed by atoms with Crippen molar-refractivity contribution >= 4 is 23.2 Å². The molecule has 1 atom stereocenters. The molecule has 0 aliphatic carbocycles. The van der Waals surface area contributed by atoms with Gasteiger partial charge in [-0.15, -0.1) is 0 Å². The molecule has 0 aromatic heterocycles. The standard InChI is InChI=1S/C18H19ClFNO2/c1-3-12(2)14-6-4-5-7-17(14)23-11-18(22)21-16-10-13(19)8-9-15(16)20/h4-10,12H,3,11H2,1-2H3,(H,21,22). The average Bonchev–Trinajstić information content (AvgIpc) is 2.56. The van der Waals surface area contributed by atoms with Crippen molar-refractivity contribution in [3.05, 3.63) is 58.9 Å². The van der Waals surface area contributed by atoms with Crippen LogP contribution in [0.5, 0.6) is 5.75 Å². The van der Waals surface area contributed by atoms with Crippen LogP contribution in [0.1, 0.15) is 31.7 Å². The zero-order valence-electron chi connectivity index (χ0n) is 13.1. The van der Waals surface area contributed by atoms with Crippen LogP contribution in [0.2, 0.25) is 5.02 Å². The molecule has 23 heavy (non-hydrogen) atoms. The second-order valence-electron chi connectivity index (χ2n) is 5.31. The van der Waals surface area contributed by atoms with E-state index in [1.54, 1.807) is 0 Å². The number of ether oxygens (including phenoxy) is 1. The van der Waals surface area contributed by atoms with Gasteiger partial charge in [0.25, 0.3) is 5.91 Å². The van der Waals surface area contributed by atoms with Gasteiger partial charge >= 0.3 is 0 Å². The van der Waals surface area contributed by atoms with E-state index < -0.39 is 11.7 Å². The minimum absolute atomic E-state index is 0.0429. The van der Waals surface area contributed by atoms with Crippen LogP contribution in [0.4, 0.5) is 10.1 Å². The summed E-state index contributed by atoms with van der Waals surface area (Å²) in [5.41, 5.74) is 1.10. The molecule has 0 fully saturated rings. The van der Waals surface area contributed by atoms with E-state index in [9.17, 15) is 9.18 Å². The Kier molecular flexibility index (Phi) is 5.99. The van der Waals surface area contributed by atoms with Crippen LogP contribution >= 0.6 is 11.6 Å². The van der Waals surface area contributed by atoms with Gasteiger partial charge in [0, 0.05) is 5.02 Å². The molecule has 0 bridgehead atoms. The number of carbonyl (C=O) groups excluding carboxylic acids is 1. The lowest BCUT2D eigenvalue weighted by Crippen LogP contribution is -2.21. The topological polar surface area (TPSA) is 38.3 Å². The number of halogens is 2. The summed E-state index contributed by atoms with van der Waals surface area (Å²) in [6, 6.07) is 11.6. The highest BCUT2D eigenvalue weighted by Gasteiger charge is 2.12. The number of amides is 1. The number of anilines is 1.